The van der Waals surface area contributed by atoms with Crippen molar-refractivity contribution in [3.05, 3.63) is 65.4 Å². The predicted octanol–water partition coefficient (Wildman–Crippen LogP) is 3.07. The van der Waals surface area contributed by atoms with Gasteiger partial charge in [-0.05, 0) is 41.5 Å². The molecule has 1 aliphatic carbocycles. The van der Waals surface area contributed by atoms with E-state index in [1.807, 2.05) is 36.1 Å². The van der Waals surface area contributed by atoms with E-state index >= 15 is 0 Å². The van der Waals surface area contributed by atoms with Crippen LogP contribution in [0.25, 0.3) is 33.4 Å². The number of methoxy groups -OCH3 is 1. The van der Waals surface area contributed by atoms with Crippen LogP contribution in [0.4, 0.5) is 5.69 Å². The van der Waals surface area contributed by atoms with Gasteiger partial charge in [0.05, 0.1) is 29.7 Å². The Balaban J connectivity index is 1.32. The van der Waals surface area contributed by atoms with E-state index in [1.54, 1.807) is 7.11 Å². The molecule has 1 fully saturated rings. The van der Waals surface area contributed by atoms with Crippen LogP contribution in [0.15, 0.2) is 48.7 Å². The van der Waals surface area contributed by atoms with Crippen molar-refractivity contribution >= 4 is 22.5 Å². The molecule has 0 bridgehead atoms. The number of ether oxygens (including phenoxy) is 1. The lowest BCUT2D eigenvalue weighted by atomic mass is 10.0. The normalized spacial score (nSPS) is 15.3. The molecule has 36 heavy (non-hydrogen) atoms. The molecule has 4 aromatic rings. The first kappa shape index (κ1) is 22.7. The van der Waals surface area contributed by atoms with Crippen molar-refractivity contribution in [2.45, 2.75) is 6.42 Å². The molecule has 1 saturated heterocycles. The molecule has 8 heteroatoms. The maximum atomic E-state index is 12.5. The van der Waals surface area contributed by atoms with Crippen LogP contribution in [0.1, 0.15) is 21.5 Å². The highest BCUT2D eigenvalue weighted by molar-refractivity contribution is 5.99. The van der Waals surface area contributed by atoms with E-state index in [2.05, 4.69) is 39.2 Å². The number of fused-ring (bicyclic) bond motifs is 4. The van der Waals surface area contributed by atoms with Gasteiger partial charge in [0.15, 0.2) is 0 Å². The quantitative estimate of drug-likeness (QED) is 0.400. The molecule has 184 valence electrons. The van der Waals surface area contributed by atoms with Crippen molar-refractivity contribution < 1.29 is 9.53 Å². The summed E-state index contributed by atoms with van der Waals surface area (Å²) < 4.78 is 7.07. The molecule has 2 aliphatic rings. The van der Waals surface area contributed by atoms with Gasteiger partial charge in [-0.15, -0.1) is 0 Å². The number of aromatic nitrogens is 3. The van der Waals surface area contributed by atoms with Gasteiger partial charge in [0.25, 0.3) is 0 Å². The smallest absolute Gasteiger partial charge is 0.249 e. The summed E-state index contributed by atoms with van der Waals surface area (Å²) in [6, 6.07) is 14.5. The number of piperazine rings is 1. The lowest BCUT2D eigenvalue weighted by Gasteiger charge is -2.36. The fraction of sp³-hybridized carbons (Fsp3) is 0.321. The number of aryl methyl sites for hydroxylation is 1. The van der Waals surface area contributed by atoms with Gasteiger partial charge < -0.3 is 15.4 Å². The third kappa shape index (κ3) is 3.92. The van der Waals surface area contributed by atoms with E-state index in [0.29, 0.717) is 12.0 Å². The Hall–Kier alpha value is -3.75. The fourth-order valence-corrected chi connectivity index (χ4v) is 5.46. The average Bonchev–Trinajstić information content (AvgIpc) is 3.46. The summed E-state index contributed by atoms with van der Waals surface area (Å²) in [5, 5.41) is 5.37. The first-order valence-corrected chi connectivity index (χ1v) is 12.4. The van der Waals surface area contributed by atoms with Gasteiger partial charge in [0, 0.05) is 81.1 Å². The molecule has 2 N–H and O–H groups in total. The van der Waals surface area contributed by atoms with Crippen molar-refractivity contribution in [2.75, 3.05) is 51.3 Å². The van der Waals surface area contributed by atoms with Crippen LogP contribution in [0.3, 0.4) is 0 Å². The topological polar surface area (TPSA) is 89.5 Å². The molecule has 0 radical (unpaired) electrons. The van der Waals surface area contributed by atoms with Gasteiger partial charge in [-0.1, -0.05) is 12.1 Å². The van der Waals surface area contributed by atoms with E-state index in [0.717, 1.165) is 78.3 Å². The maximum absolute atomic E-state index is 12.5. The summed E-state index contributed by atoms with van der Waals surface area (Å²) in [4.78, 5) is 22.4. The number of rotatable bonds is 6. The number of benzene rings is 2. The number of carbonyl (C=O) groups excluding carboxylic acids is 1. The van der Waals surface area contributed by atoms with Crippen molar-refractivity contribution in [1.29, 1.82) is 0 Å². The minimum absolute atomic E-state index is 0.419. The molecule has 0 spiro atoms. The number of amides is 1. The van der Waals surface area contributed by atoms with E-state index in [9.17, 15) is 4.79 Å². The highest BCUT2D eigenvalue weighted by Gasteiger charge is 2.27. The van der Waals surface area contributed by atoms with Gasteiger partial charge in [0.1, 0.15) is 0 Å². The molecule has 2 aromatic heterocycles. The summed E-state index contributed by atoms with van der Waals surface area (Å²) in [7, 11) is 3.67. The first-order valence-electron chi connectivity index (χ1n) is 12.4. The fourth-order valence-electron chi connectivity index (χ4n) is 5.46. The van der Waals surface area contributed by atoms with Gasteiger partial charge >= 0.3 is 0 Å². The standard InChI is InChI=1S/C28H30N6O2/c1-32-26-6-3-18(13-20(26)17-30-32)25-16-24(28(29)35)23-15-19-14-21(4-5-22(19)27(23)31-25)34-9-7-33(8-10-34)11-12-36-2/h3-6,13-14,16-17H,7-12,15H2,1-2H3,(H2,29,35). The van der Waals surface area contributed by atoms with Crippen LogP contribution in [-0.4, -0.2) is 72.0 Å². The number of hydrogen-bond donors (Lipinski definition) is 1. The Morgan fingerprint density at radius 1 is 1.08 bits per heavy atom. The number of nitrogens with two attached hydrogens (primary N) is 1. The second-order valence-corrected chi connectivity index (χ2v) is 9.63. The first-order chi connectivity index (χ1) is 17.5. The zero-order chi connectivity index (χ0) is 24.8. The SMILES string of the molecule is COCCN1CCN(c2ccc3c(c2)Cc2c(C(N)=O)cc(-c4ccc5c(cnn5C)c4)nc2-3)CC1. The van der Waals surface area contributed by atoms with Gasteiger partial charge in [-0.25, -0.2) is 4.98 Å². The van der Waals surface area contributed by atoms with Crippen LogP contribution in [0.2, 0.25) is 0 Å². The number of primary amides is 1. The van der Waals surface area contributed by atoms with Crippen molar-refractivity contribution in [3.63, 3.8) is 0 Å². The zero-order valence-electron chi connectivity index (χ0n) is 20.7. The van der Waals surface area contributed by atoms with Crippen LogP contribution >= 0.6 is 0 Å². The summed E-state index contributed by atoms with van der Waals surface area (Å²) in [5.41, 5.74) is 14.4. The number of pyridine rings is 1. The third-order valence-corrected chi connectivity index (χ3v) is 7.49. The van der Waals surface area contributed by atoms with E-state index in [-0.39, 0.29) is 0 Å². The lowest BCUT2D eigenvalue weighted by molar-refractivity contribution is 0.0999. The van der Waals surface area contributed by atoms with Crippen LogP contribution in [-0.2, 0) is 18.2 Å². The molecule has 1 aliphatic heterocycles. The molecular formula is C28H30N6O2. The molecular weight excluding hydrogens is 452 g/mol. The predicted molar refractivity (Wildman–Crippen MR) is 141 cm³/mol. The zero-order valence-corrected chi connectivity index (χ0v) is 20.7. The average molecular weight is 483 g/mol. The molecule has 6 rings (SSSR count). The molecule has 3 heterocycles. The second kappa shape index (κ2) is 9.04. The highest BCUT2D eigenvalue weighted by Crippen LogP contribution is 2.40. The Morgan fingerprint density at radius 3 is 2.69 bits per heavy atom. The summed E-state index contributed by atoms with van der Waals surface area (Å²) in [6.07, 6.45) is 2.51. The number of carbonyl (C=O) groups is 1. The van der Waals surface area contributed by atoms with Gasteiger partial charge in [0.2, 0.25) is 5.91 Å². The molecule has 8 nitrogen and oxygen atoms in total. The van der Waals surface area contributed by atoms with Crippen LogP contribution < -0.4 is 10.6 Å². The third-order valence-electron chi connectivity index (χ3n) is 7.49. The summed E-state index contributed by atoms with van der Waals surface area (Å²) in [5.74, 6) is -0.419. The second-order valence-electron chi connectivity index (χ2n) is 9.63. The van der Waals surface area contributed by atoms with Gasteiger partial charge in [-0.2, -0.15) is 5.10 Å². The van der Waals surface area contributed by atoms with E-state index in [4.69, 9.17) is 15.5 Å². The molecule has 0 atom stereocenters. The lowest BCUT2D eigenvalue weighted by Crippen LogP contribution is -2.47. The van der Waals surface area contributed by atoms with Gasteiger partial charge in [-0.3, -0.25) is 14.4 Å². The minimum atomic E-state index is -0.419. The Labute approximate surface area is 210 Å². The van der Waals surface area contributed by atoms with Crippen molar-refractivity contribution in [3.8, 4) is 22.5 Å². The molecule has 1 amide bonds. The molecule has 2 aromatic carbocycles. The monoisotopic (exact) mass is 482 g/mol. The Bertz CT molecular complexity index is 1470. The van der Waals surface area contributed by atoms with Crippen molar-refractivity contribution in [2.24, 2.45) is 12.8 Å². The molecule has 0 saturated carbocycles. The summed E-state index contributed by atoms with van der Waals surface area (Å²) >= 11 is 0. The van der Waals surface area contributed by atoms with Crippen LogP contribution in [0, 0.1) is 0 Å². The largest absolute Gasteiger partial charge is 0.383 e. The minimum Gasteiger partial charge on any atom is -0.383 e. The van der Waals surface area contributed by atoms with Crippen LogP contribution in [0.5, 0.6) is 0 Å². The number of hydrogen-bond acceptors (Lipinski definition) is 6. The Morgan fingerprint density at radius 2 is 1.92 bits per heavy atom. The number of nitrogens with zero attached hydrogens (tertiary/aromatic N) is 5. The Kier molecular flexibility index (Phi) is 5.70. The van der Waals surface area contributed by atoms with E-state index in [1.165, 1.54) is 11.3 Å². The summed E-state index contributed by atoms with van der Waals surface area (Å²) in [6.45, 7) is 5.77. The highest BCUT2D eigenvalue weighted by atomic mass is 16.5. The number of anilines is 1. The maximum Gasteiger partial charge on any atom is 0.249 e. The van der Waals surface area contributed by atoms with E-state index < -0.39 is 5.91 Å². The van der Waals surface area contributed by atoms with Crippen molar-refractivity contribution in [1.82, 2.24) is 19.7 Å². The molecule has 0 unspecified atom stereocenters.